The molecule has 0 bridgehead atoms. The number of amidine groups is 1. The molecule has 3 heteroatoms. The quantitative estimate of drug-likeness (QED) is 0.596. The average molecular weight is 219 g/mol. The van der Waals surface area contributed by atoms with E-state index < -0.39 is 0 Å². The van der Waals surface area contributed by atoms with E-state index in [0.717, 1.165) is 12.3 Å². The molecule has 0 aliphatic carbocycles. The van der Waals surface area contributed by atoms with Crippen molar-refractivity contribution >= 4 is 5.84 Å². The van der Waals surface area contributed by atoms with Gasteiger partial charge in [0, 0.05) is 26.6 Å². The van der Waals surface area contributed by atoms with Crippen molar-refractivity contribution in [3.8, 4) is 0 Å². The fraction of sp³-hybridized carbons (Fsp3) is 0.462. The molecular weight excluding hydrogens is 198 g/mol. The SMILES string of the molecule is CN=C(NC)C(C)Cc1ccccc1CN. The number of aliphatic imine (C=N–C) groups is 1. The van der Waals surface area contributed by atoms with Gasteiger partial charge in [-0.15, -0.1) is 0 Å². The van der Waals surface area contributed by atoms with Gasteiger partial charge >= 0.3 is 0 Å². The topological polar surface area (TPSA) is 50.4 Å². The second-order valence-electron chi connectivity index (χ2n) is 3.94. The molecule has 1 aromatic carbocycles. The van der Waals surface area contributed by atoms with Crippen molar-refractivity contribution in [2.45, 2.75) is 19.9 Å². The predicted octanol–water partition coefficient (Wildman–Crippen LogP) is 1.57. The summed E-state index contributed by atoms with van der Waals surface area (Å²) in [5.74, 6) is 1.43. The second kappa shape index (κ2) is 6.28. The molecule has 88 valence electrons. The lowest BCUT2D eigenvalue weighted by Gasteiger charge is -2.16. The van der Waals surface area contributed by atoms with Crippen LogP contribution in [0.2, 0.25) is 0 Å². The zero-order valence-corrected chi connectivity index (χ0v) is 10.3. The van der Waals surface area contributed by atoms with Gasteiger partial charge in [-0.3, -0.25) is 4.99 Å². The Morgan fingerprint density at radius 2 is 2.00 bits per heavy atom. The molecule has 0 saturated heterocycles. The monoisotopic (exact) mass is 219 g/mol. The van der Waals surface area contributed by atoms with Crippen LogP contribution in [-0.2, 0) is 13.0 Å². The van der Waals surface area contributed by atoms with Gasteiger partial charge < -0.3 is 11.1 Å². The van der Waals surface area contributed by atoms with E-state index in [-0.39, 0.29) is 0 Å². The highest BCUT2D eigenvalue weighted by atomic mass is 15.0. The minimum atomic E-state index is 0.391. The maximum atomic E-state index is 5.72. The van der Waals surface area contributed by atoms with Crippen LogP contribution in [0.4, 0.5) is 0 Å². The van der Waals surface area contributed by atoms with Crippen LogP contribution in [0.25, 0.3) is 0 Å². The van der Waals surface area contributed by atoms with Gasteiger partial charge in [-0.05, 0) is 17.5 Å². The molecule has 1 rings (SSSR count). The second-order valence-corrected chi connectivity index (χ2v) is 3.94. The van der Waals surface area contributed by atoms with Gasteiger partial charge in [0.2, 0.25) is 0 Å². The van der Waals surface area contributed by atoms with Crippen LogP contribution >= 0.6 is 0 Å². The molecule has 0 spiro atoms. The molecule has 3 N–H and O–H groups in total. The summed E-state index contributed by atoms with van der Waals surface area (Å²) in [5, 5.41) is 3.13. The van der Waals surface area contributed by atoms with Crippen molar-refractivity contribution in [3.63, 3.8) is 0 Å². The van der Waals surface area contributed by atoms with Crippen molar-refractivity contribution < 1.29 is 0 Å². The molecule has 16 heavy (non-hydrogen) atoms. The highest BCUT2D eigenvalue weighted by Gasteiger charge is 2.11. The molecule has 3 nitrogen and oxygen atoms in total. The van der Waals surface area contributed by atoms with Crippen LogP contribution in [0.1, 0.15) is 18.1 Å². The zero-order chi connectivity index (χ0) is 12.0. The predicted molar refractivity (Wildman–Crippen MR) is 69.6 cm³/mol. The van der Waals surface area contributed by atoms with Crippen molar-refractivity contribution in [1.29, 1.82) is 0 Å². The molecule has 1 atom stereocenters. The summed E-state index contributed by atoms with van der Waals surface area (Å²) in [7, 11) is 3.73. The van der Waals surface area contributed by atoms with Gasteiger partial charge in [-0.1, -0.05) is 31.2 Å². The lowest BCUT2D eigenvalue weighted by atomic mass is 9.96. The standard InChI is InChI=1S/C13H21N3/c1-10(13(15-2)16-3)8-11-6-4-5-7-12(11)9-14/h4-7,10H,8-9,14H2,1-3H3,(H,15,16). The van der Waals surface area contributed by atoms with E-state index in [4.69, 9.17) is 5.73 Å². The Morgan fingerprint density at radius 1 is 1.38 bits per heavy atom. The minimum Gasteiger partial charge on any atom is -0.377 e. The number of hydrogen-bond donors (Lipinski definition) is 2. The highest BCUT2D eigenvalue weighted by Crippen LogP contribution is 2.14. The molecule has 1 aromatic rings. The smallest absolute Gasteiger partial charge is 0.0988 e. The zero-order valence-electron chi connectivity index (χ0n) is 10.3. The van der Waals surface area contributed by atoms with E-state index in [0.29, 0.717) is 12.5 Å². The minimum absolute atomic E-state index is 0.391. The molecule has 0 radical (unpaired) electrons. The Hall–Kier alpha value is -1.35. The Morgan fingerprint density at radius 3 is 2.50 bits per heavy atom. The number of benzene rings is 1. The molecule has 0 fully saturated rings. The van der Waals surface area contributed by atoms with Crippen molar-refractivity contribution in [2.75, 3.05) is 14.1 Å². The van der Waals surface area contributed by atoms with E-state index in [1.54, 1.807) is 0 Å². The number of nitrogens with two attached hydrogens (primary N) is 1. The summed E-state index contributed by atoms with van der Waals surface area (Å²) in [6.45, 7) is 2.77. The fourth-order valence-corrected chi connectivity index (χ4v) is 1.96. The van der Waals surface area contributed by atoms with E-state index in [9.17, 15) is 0 Å². The molecule has 0 aliphatic rings. The molecule has 0 heterocycles. The third-order valence-corrected chi connectivity index (χ3v) is 2.83. The van der Waals surface area contributed by atoms with Crippen LogP contribution in [0.15, 0.2) is 29.3 Å². The summed E-state index contributed by atoms with van der Waals surface area (Å²) >= 11 is 0. The Bertz CT molecular complexity index is 358. The van der Waals surface area contributed by atoms with E-state index >= 15 is 0 Å². The maximum absolute atomic E-state index is 5.72. The van der Waals surface area contributed by atoms with Crippen molar-refractivity contribution in [1.82, 2.24) is 5.32 Å². The maximum Gasteiger partial charge on any atom is 0.0988 e. The summed E-state index contributed by atoms with van der Waals surface area (Å²) < 4.78 is 0. The number of hydrogen-bond acceptors (Lipinski definition) is 2. The fourth-order valence-electron chi connectivity index (χ4n) is 1.96. The van der Waals surface area contributed by atoms with Crippen LogP contribution in [-0.4, -0.2) is 19.9 Å². The van der Waals surface area contributed by atoms with E-state index in [2.05, 4.69) is 35.4 Å². The summed E-state index contributed by atoms with van der Waals surface area (Å²) in [4.78, 5) is 4.23. The average Bonchev–Trinajstić information content (AvgIpc) is 2.31. The van der Waals surface area contributed by atoms with E-state index in [1.165, 1.54) is 11.1 Å². The number of nitrogens with one attached hydrogen (secondary N) is 1. The Kier molecular flexibility index (Phi) is 4.99. The molecular formula is C13H21N3. The first-order chi connectivity index (χ1) is 7.72. The highest BCUT2D eigenvalue weighted by molar-refractivity contribution is 5.84. The molecule has 1 unspecified atom stereocenters. The lowest BCUT2D eigenvalue weighted by molar-refractivity contribution is 0.730. The lowest BCUT2D eigenvalue weighted by Crippen LogP contribution is -2.27. The van der Waals surface area contributed by atoms with E-state index in [1.807, 2.05) is 20.2 Å². The molecule has 0 saturated carbocycles. The summed E-state index contributed by atoms with van der Waals surface area (Å²) in [6.07, 6.45) is 0.973. The summed E-state index contributed by atoms with van der Waals surface area (Å²) in [6, 6.07) is 8.32. The van der Waals surface area contributed by atoms with Gasteiger partial charge in [0.05, 0.1) is 5.84 Å². The van der Waals surface area contributed by atoms with Gasteiger partial charge in [-0.25, -0.2) is 0 Å². The first-order valence-corrected chi connectivity index (χ1v) is 5.64. The third kappa shape index (κ3) is 3.07. The molecule has 0 aromatic heterocycles. The van der Waals surface area contributed by atoms with Gasteiger partial charge in [0.1, 0.15) is 0 Å². The van der Waals surface area contributed by atoms with Crippen LogP contribution in [0.5, 0.6) is 0 Å². The van der Waals surface area contributed by atoms with Gasteiger partial charge in [0.15, 0.2) is 0 Å². The van der Waals surface area contributed by atoms with Gasteiger partial charge in [0.25, 0.3) is 0 Å². The largest absolute Gasteiger partial charge is 0.377 e. The first-order valence-electron chi connectivity index (χ1n) is 5.64. The number of rotatable bonds is 4. The third-order valence-electron chi connectivity index (χ3n) is 2.83. The molecule has 0 amide bonds. The van der Waals surface area contributed by atoms with Crippen LogP contribution < -0.4 is 11.1 Å². The Labute approximate surface area is 97.8 Å². The Balaban J connectivity index is 2.80. The van der Waals surface area contributed by atoms with Crippen LogP contribution in [0.3, 0.4) is 0 Å². The first kappa shape index (κ1) is 12.7. The van der Waals surface area contributed by atoms with Crippen LogP contribution in [0, 0.1) is 5.92 Å². The number of nitrogens with zero attached hydrogens (tertiary/aromatic N) is 1. The van der Waals surface area contributed by atoms with Crippen molar-refractivity contribution in [3.05, 3.63) is 35.4 Å². The van der Waals surface area contributed by atoms with Crippen molar-refractivity contribution in [2.24, 2.45) is 16.6 Å². The van der Waals surface area contributed by atoms with Gasteiger partial charge in [-0.2, -0.15) is 0 Å². The summed E-state index contributed by atoms with van der Waals surface area (Å²) in [5.41, 5.74) is 8.26. The molecule has 0 aliphatic heterocycles. The normalized spacial score (nSPS) is 13.6.